The van der Waals surface area contributed by atoms with Gasteiger partial charge in [0.05, 0.1) is 19.8 Å². The predicted molar refractivity (Wildman–Crippen MR) is 152 cm³/mol. The Kier molecular flexibility index (Phi) is 14.4. The lowest BCUT2D eigenvalue weighted by atomic mass is 9.94. The number of carboxylic acids is 1. The van der Waals surface area contributed by atoms with E-state index in [1.54, 1.807) is 0 Å². The molecule has 4 heterocycles. The molecule has 21 atom stereocenters. The van der Waals surface area contributed by atoms with Gasteiger partial charge in [-0.1, -0.05) is 0 Å². The standard InChI is InChI=1S/C27H45NO23/c1-5(31)28-9-12(35)11(34)8(4-45-26-16(39)14(37)15(38)19(49-26)6(32)2-29)47-25(9)50-20-18(41)21(24(44)48-22(20)23(42)43)51-27-17(40)13(36)10(33)7(3-30)46-27/h6-22,24-27,29-30,32-41,44H,2-4H2,1H3,(H,28,31)(H,42,43)/t6-,7-,8-,9-,10-,11-,12-,13+,14+,15+,16+,17-,18+,19-,20-,21-,22+,24+,25+,26+,27-/m1/s1. The van der Waals surface area contributed by atoms with E-state index in [9.17, 15) is 81.1 Å². The summed E-state index contributed by atoms with van der Waals surface area (Å²) in [5, 5.41) is 146. The third-order valence-corrected chi connectivity index (χ3v) is 8.88. The van der Waals surface area contributed by atoms with Crippen molar-refractivity contribution in [1.29, 1.82) is 0 Å². The molecule has 4 aliphatic rings. The first-order chi connectivity index (χ1) is 23.9. The summed E-state index contributed by atoms with van der Waals surface area (Å²) >= 11 is 0. The van der Waals surface area contributed by atoms with Crippen LogP contribution in [0.4, 0.5) is 0 Å². The topological polar surface area (TPSA) is 394 Å². The Morgan fingerprint density at radius 1 is 0.667 bits per heavy atom. The molecule has 0 aromatic carbocycles. The Labute approximate surface area is 287 Å². The van der Waals surface area contributed by atoms with Crippen LogP contribution in [-0.2, 0) is 42.7 Å². The Morgan fingerprint density at radius 3 is 1.82 bits per heavy atom. The third kappa shape index (κ3) is 8.93. The lowest BCUT2D eigenvalue weighted by Gasteiger charge is -2.48. The summed E-state index contributed by atoms with van der Waals surface area (Å²) in [6.45, 7) is -1.61. The van der Waals surface area contributed by atoms with Crippen molar-refractivity contribution in [3.05, 3.63) is 0 Å². The van der Waals surface area contributed by atoms with Crippen LogP contribution in [0, 0.1) is 0 Å². The second-order valence-corrected chi connectivity index (χ2v) is 12.4. The first-order valence-corrected chi connectivity index (χ1v) is 15.7. The summed E-state index contributed by atoms with van der Waals surface area (Å²) < 4.78 is 37.8. The van der Waals surface area contributed by atoms with Crippen molar-refractivity contribution in [2.45, 2.75) is 136 Å². The number of ether oxygens (including phenoxy) is 7. The van der Waals surface area contributed by atoms with E-state index in [0.717, 1.165) is 6.92 Å². The molecule has 51 heavy (non-hydrogen) atoms. The zero-order chi connectivity index (χ0) is 38.1. The van der Waals surface area contributed by atoms with Gasteiger partial charge in [-0.15, -0.1) is 0 Å². The largest absolute Gasteiger partial charge is 0.479 e. The van der Waals surface area contributed by atoms with Gasteiger partial charge in [-0.05, 0) is 0 Å². The van der Waals surface area contributed by atoms with E-state index in [1.165, 1.54) is 0 Å². The van der Waals surface area contributed by atoms with E-state index in [0.29, 0.717) is 0 Å². The number of hydrogen-bond donors (Lipinski definition) is 15. The number of aliphatic carboxylic acids is 1. The Morgan fingerprint density at radius 2 is 1.24 bits per heavy atom. The third-order valence-electron chi connectivity index (χ3n) is 8.88. The number of aliphatic hydroxyl groups is 13. The van der Waals surface area contributed by atoms with E-state index in [-0.39, 0.29) is 0 Å². The average Bonchev–Trinajstić information content (AvgIpc) is 3.09. The van der Waals surface area contributed by atoms with Gasteiger partial charge < -0.3 is 110 Å². The fraction of sp³-hybridized carbons (Fsp3) is 0.926. The first-order valence-electron chi connectivity index (χ1n) is 15.7. The van der Waals surface area contributed by atoms with Crippen LogP contribution in [0.15, 0.2) is 0 Å². The quantitative estimate of drug-likeness (QED) is 0.0880. The van der Waals surface area contributed by atoms with Crippen LogP contribution in [0.3, 0.4) is 0 Å². The zero-order valence-electron chi connectivity index (χ0n) is 26.7. The number of aliphatic hydroxyl groups excluding tert-OH is 13. The molecule has 4 rings (SSSR count). The van der Waals surface area contributed by atoms with Gasteiger partial charge in [0.15, 0.2) is 31.3 Å². The van der Waals surface area contributed by atoms with Gasteiger partial charge >= 0.3 is 5.97 Å². The van der Waals surface area contributed by atoms with Gasteiger partial charge in [-0.3, -0.25) is 4.79 Å². The summed E-state index contributed by atoms with van der Waals surface area (Å²) in [6, 6.07) is -1.70. The normalized spacial score (nSPS) is 48.5. The molecule has 0 aromatic heterocycles. The van der Waals surface area contributed by atoms with Crippen LogP contribution in [0.1, 0.15) is 6.92 Å². The highest BCUT2D eigenvalue weighted by Gasteiger charge is 2.56. The SMILES string of the molecule is CC(=O)N[C@H]1[C@H](O[C@@H]2[C@H](O)[C@@H](O[C@H]3O[C@H](CO)[C@@H](O)[C@H](O)[C@H]3O)[C@@H](O)O[C@@H]2C(=O)O)O[C@H](CO[C@H]2O[C@H]([C@H](O)CO)[C@@H](O)[C@H](O)[C@@H]2O)[C@@H](O)[C@@H]1O. The second kappa shape index (κ2) is 17.5. The number of hydrogen-bond acceptors (Lipinski definition) is 22. The van der Waals surface area contributed by atoms with Crippen LogP contribution in [0.2, 0.25) is 0 Å². The van der Waals surface area contributed by atoms with Crippen LogP contribution in [0.5, 0.6) is 0 Å². The number of amides is 1. The maximum Gasteiger partial charge on any atom is 0.335 e. The van der Waals surface area contributed by atoms with Gasteiger partial charge in [0.2, 0.25) is 5.91 Å². The first kappa shape index (κ1) is 41.9. The fourth-order valence-corrected chi connectivity index (χ4v) is 6.02. The van der Waals surface area contributed by atoms with Crippen LogP contribution >= 0.6 is 0 Å². The molecule has 24 nitrogen and oxygen atoms in total. The van der Waals surface area contributed by atoms with E-state index < -0.39 is 161 Å². The zero-order valence-corrected chi connectivity index (χ0v) is 26.7. The summed E-state index contributed by atoms with van der Waals surface area (Å²) in [7, 11) is 0. The van der Waals surface area contributed by atoms with Crippen molar-refractivity contribution < 1.29 is 114 Å². The molecule has 0 spiro atoms. The highest BCUT2D eigenvalue weighted by atomic mass is 16.8. The Bertz CT molecular complexity index is 1150. The van der Waals surface area contributed by atoms with Crippen molar-refractivity contribution in [2.24, 2.45) is 0 Å². The molecule has 0 bridgehead atoms. The second-order valence-electron chi connectivity index (χ2n) is 12.4. The van der Waals surface area contributed by atoms with E-state index in [1.807, 2.05) is 0 Å². The van der Waals surface area contributed by atoms with Crippen molar-refractivity contribution in [3.8, 4) is 0 Å². The highest BCUT2D eigenvalue weighted by molar-refractivity contribution is 5.74. The van der Waals surface area contributed by atoms with E-state index in [2.05, 4.69) is 5.32 Å². The van der Waals surface area contributed by atoms with E-state index in [4.69, 9.17) is 33.2 Å². The molecular formula is C27H45NO23. The van der Waals surface area contributed by atoms with Crippen molar-refractivity contribution >= 4 is 11.9 Å². The van der Waals surface area contributed by atoms with Gasteiger partial charge in [-0.2, -0.15) is 0 Å². The molecule has 0 radical (unpaired) electrons. The molecule has 1 amide bonds. The molecule has 4 saturated heterocycles. The molecule has 4 fully saturated rings. The average molecular weight is 752 g/mol. The molecular weight excluding hydrogens is 706 g/mol. The van der Waals surface area contributed by atoms with Gasteiger partial charge in [0.1, 0.15) is 97.6 Å². The minimum absolute atomic E-state index is 0.813. The van der Waals surface area contributed by atoms with Crippen LogP contribution in [0.25, 0.3) is 0 Å². The highest BCUT2D eigenvalue weighted by Crippen LogP contribution is 2.33. The minimum Gasteiger partial charge on any atom is -0.479 e. The summed E-state index contributed by atoms with van der Waals surface area (Å²) in [6.07, 6.45) is -38.7. The minimum atomic E-state index is -2.27. The van der Waals surface area contributed by atoms with Crippen molar-refractivity contribution in [3.63, 3.8) is 0 Å². The molecule has 296 valence electrons. The molecule has 24 heteroatoms. The maximum absolute atomic E-state index is 12.2. The monoisotopic (exact) mass is 751 g/mol. The van der Waals surface area contributed by atoms with Gasteiger partial charge in [-0.25, -0.2) is 4.79 Å². The summed E-state index contributed by atoms with van der Waals surface area (Å²) in [4.78, 5) is 24.2. The number of carbonyl (C=O) groups is 2. The van der Waals surface area contributed by atoms with Gasteiger partial charge in [0, 0.05) is 6.92 Å². The predicted octanol–water partition coefficient (Wildman–Crippen LogP) is -10.2. The summed E-state index contributed by atoms with van der Waals surface area (Å²) in [5.74, 6) is -2.63. The molecule has 0 unspecified atom stereocenters. The fourth-order valence-electron chi connectivity index (χ4n) is 6.02. The van der Waals surface area contributed by atoms with Crippen LogP contribution < -0.4 is 5.32 Å². The lowest BCUT2D eigenvalue weighted by Crippen LogP contribution is -2.69. The molecule has 15 N–H and O–H groups in total. The summed E-state index contributed by atoms with van der Waals surface area (Å²) in [5.41, 5.74) is 0. The molecule has 0 saturated carbocycles. The number of carboxylic acid groups (broad SMARTS) is 1. The molecule has 4 aliphatic heterocycles. The smallest absolute Gasteiger partial charge is 0.335 e. The van der Waals surface area contributed by atoms with Crippen molar-refractivity contribution in [2.75, 3.05) is 19.8 Å². The van der Waals surface area contributed by atoms with E-state index >= 15 is 0 Å². The maximum atomic E-state index is 12.2. The molecule has 0 aliphatic carbocycles. The number of nitrogens with one attached hydrogen (secondary N) is 1. The van der Waals surface area contributed by atoms with Crippen LogP contribution in [-0.4, -0.2) is 232 Å². The molecule has 0 aromatic rings. The number of carbonyl (C=O) groups excluding carboxylic acids is 1. The Balaban J connectivity index is 1.55. The Hall–Kier alpha value is -1.86. The lowest BCUT2D eigenvalue weighted by molar-refractivity contribution is -0.375. The van der Waals surface area contributed by atoms with Crippen molar-refractivity contribution in [1.82, 2.24) is 5.32 Å². The number of rotatable bonds is 12. The van der Waals surface area contributed by atoms with Gasteiger partial charge in [0.25, 0.3) is 0 Å².